The zero-order chi connectivity index (χ0) is 6.73. The summed E-state index contributed by atoms with van der Waals surface area (Å²) in [6.45, 7) is 5.38. The summed E-state index contributed by atoms with van der Waals surface area (Å²) in [6.07, 6.45) is 0. The molecular weight excluding hydrogens is 168 g/mol. The third kappa shape index (κ3) is 4.49. The normalized spacial score (nSPS) is 12.4. The number of rotatable bonds is 2. The maximum absolute atomic E-state index is 10.0. The fraction of sp³-hybridized carbons (Fsp3) is 0.833. The van der Waals surface area contributed by atoms with Gasteiger partial charge in [0.05, 0.1) is 0 Å². The number of hydrogen-bond acceptors (Lipinski definition) is 2. The number of carboxylic acids is 1. The van der Waals surface area contributed by atoms with E-state index in [-0.39, 0.29) is 28.9 Å². The van der Waals surface area contributed by atoms with Crippen LogP contribution in [0.4, 0.5) is 0 Å². The van der Waals surface area contributed by atoms with Crippen LogP contribution < -0.4 is 5.11 Å². The Morgan fingerprint density at radius 1 is 1.33 bits per heavy atom. The molecule has 0 amide bonds. The minimum absolute atomic E-state index is 0. The van der Waals surface area contributed by atoms with Crippen LogP contribution in [0, 0.1) is 11.8 Å². The minimum Gasteiger partial charge on any atom is -0.550 e. The SMILES string of the molecule is CC(C)C(C)C(=O)[O-].[Cu+]. The summed E-state index contributed by atoms with van der Waals surface area (Å²) in [7, 11) is 0. The van der Waals surface area contributed by atoms with Crippen molar-refractivity contribution in [2.45, 2.75) is 20.8 Å². The van der Waals surface area contributed by atoms with Gasteiger partial charge in [0.15, 0.2) is 0 Å². The zero-order valence-corrected chi connectivity index (χ0v) is 6.71. The smallest absolute Gasteiger partial charge is 0.550 e. The van der Waals surface area contributed by atoms with Crippen LogP contribution in [0.15, 0.2) is 0 Å². The number of carbonyl (C=O) groups excluding carboxylic acids is 1. The second-order valence-electron chi connectivity index (χ2n) is 2.35. The summed E-state index contributed by atoms with van der Waals surface area (Å²) >= 11 is 0. The van der Waals surface area contributed by atoms with E-state index in [1.54, 1.807) is 6.92 Å². The van der Waals surface area contributed by atoms with Gasteiger partial charge in [-0.05, 0) is 11.8 Å². The minimum atomic E-state index is -0.958. The first-order chi connectivity index (χ1) is 3.55. The van der Waals surface area contributed by atoms with E-state index in [4.69, 9.17) is 0 Å². The topological polar surface area (TPSA) is 40.1 Å². The second kappa shape index (κ2) is 4.83. The number of aliphatic carboxylic acids is 1. The van der Waals surface area contributed by atoms with Gasteiger partial charge in [0.25, 0.3) is 0 Å². The number of carbonyl (C=O) groups is 1. The van der Waals surface area contributed by atoms with Crippen molar-refractivity contribution < 1.29 is 27.0 Å². The number of carboxylic acid groups (broad SMARTS) is 1. The fourth-order valence-corrected chi connectivity index (χ4v) is 0.272. The average Bonchev–Trinajstić information content (AvgIpc) is 1.64. The molecule has 0 radical (unpaired) electrons. The van der Waals surface area contributed by atoms with E-state index in [0.717, 1.165) is 0 Å². The Kier molecular flexibility index (Phi) is 6.30. The molecule has 2 nitrogen and oxygen atoms in total. The first-order valence-electron chi connectivity index (χ1n) is 2.76. The van der Waals surface area contributed by atoms with Gasteiger partial charge in [-0.3, -0.25) is 0 Å². The predicted molar refractivity (Wildman–Crippen MR) is 29.0 cm³/mol. The molecule has 0 saturated heterocycles. The van der Waals surface area contributed by atoms with Crippen LogP contribution in [0.2, 0.25) is 0 Å². The Morgan fingerprint density at radius 2 is 1.67 bits per heavy atom. The Balaban J connectivity index is 0. The molecule has 1 unspecified atom stereocenters. The summed E-state index contributed by atoms with van der Waals surface area (Å²) in [6, 6.07) is 0. The molecule has 0 heterocycles. The van der Waals surface area contributed by atoms with Gasteiger partial charge in [-0.2, -0.15) is 0 Å². The largest absolute Gasteiger partial charge is 1.00 e. The molecule has 0 aliphatic carbocycles. The second-order valence-corrected chi connectivity index (χ2v) is 2.35. The summed E-state index contributed by atoms with van der Waals surface area (Å²) in [4.78, 5) is 10.0. The van der Waals surface area contributed by atoms with Crippen LogP contribution in [-0.2, 0) is 21.9 Å². The van der Waals surface area contributed by atoms with Gasteiger partial charge in [-0.15, -0.1) is 0 Å². The molecule has 0 aromatic heterocycles. The molecule has 58 valence electrons. The van der Waals surface area contributed by atoms with Gasteiger partial charge in [0.1, 0.15) is 0 Å². The van der Waals surface area contributed by atoms with Crippen LogP contribution >= 0.6 is 0 Å². The van der Waals surface area contributed by atoms with E-state index in [1.165, 1.54) is 0 Å². The molecule has 0 bridgehead atoms. The summed E-state index contributed by atoms with van der Waals surface area (Å²) in [5, 5.41) is 10.0. The Morgan fingerprint density at radius 3 is 1.67 bits per heavy atom. The van der Waals surface area contributed by atoms with Gasteiger partial charge >= 0.3 is 17.1 Å². The maximum atomic E-state index is 10.0. The van der Waals surface area contributed by atoms with Gasteiger partial charge in [-0.1, -0.05) is 20.8 Å². The molecule has 0 fully saturated rings. The molecule has 0 N–H and O–H groups in total. The molecule has 3 heteroatoms. The van der Waals surface area contributed by atoms with Gasteiger partial charge in [0, 0.05) is 5.97 Å². The molecule has 0 aliphatic rings. The predicted octanol–water partition coefficient (Wildman–Crippen LogP) is 0.0259. The van der Waals surface area contributed by atoms with Crippen LogP contribution in [0.25, 0.3) is 0 Å². The first kappa shape index (κ1) is 11.7. The Hall–Kier alpha value is -0.0105. The van der Waals surface area contributed by atoms with Crippen molar-refractivity contribution in [2.75, 3.05) is 0 Å². The molecule has 9 heavy (non-hydrogen) atoms. The molecule has 0 spiro atoms. The van der Waals surface area contributed by atoms with E-state index < -0.39 is 5.97 Å². The maximum Gasteiger partial charge on any atom is 1.00 e. The van der Waals surface area contributed by atoms with Gasteiger partial charge in [-0.25, -0.2) is 0 Å². The van der Waals surface area contributed by atoms with Crippen molar-refractivity contribution in [3.05, 3.63) is 0 Å². The van der Waals surface area contributed by atoms with Crippen molar-refractivity contribution in [1.82, 2.24) is 0 Å². The third-order valence-corrected chi connectivity index (χ3v) is 1.37. The first-order valence-corrected chi connectivity index (χ1v) is 2.76. The Labute approximate surface area is 66.1 Å². The van der Waals surface area contributed by atoms with Crippen LogP contribution in [0.1, 0.15) is 20.8 Å². The Bertz CT molecular complexity index is 91.1. The van der Waals surface area contributed by atoms with Gasteiger partial charge in [0.2, 0.25) is 0 Å². The standard InChI is InChI=1S/C6H12O2.Cu/c1-4(2)5(3)6(7)8;/h4-5H,1-3H3,(H,7,8);/q;+1/p-1. The van der Waals surface area contributed by atoms with E-state index in [1.807, 2.05) is 13.8 Å². The van der Waals surface area contributed by atoms with Crippen molar-refractivity contribution in [1.29, 1.82) is 0 Å². The molecule has 0 rings (SSSR count). The van der Waals surface area contributed by atoms with Crippen molar-refractivity contribution >= 4 is 5.97 Å². The monoisotopic (exact) mass is 178 g/mol. The molecule has 0 aromatic rings. The number of hydrogen-bond donors (Lipinski definition) is 0. The zero-order valence-electron chi connectivity index (χ0n) is 5.77. The van der Waals surface area contributed by atoms with Crippen LogP contribution in [0.5, 0.6) is 0 Å². The molecule has 0 saturated carbocycles. The van der Waals surface area contributed by atoms with Crippen LogP contribution in [0.3, 0.4) is 0 Å². The fourth-order valence-electron chi connectivity index (χ4n) is 0.272. The summed E-state index contributed by atoms with van der Waals surface area (Å²) in [5.41, 5.74) is 0. The van der Waals surface area contributed by atoms with Crippen LogP contribution in [-0.4, -0.2) is 5.97 Å². The van der Waals surface area contributed by atoms with E-state index >= 15 is 0 Å². The quantitative estimate of drug-likeness (QED) is 0.560. The van der Waals surface area contributed by atoms with E-state index in [0.29, 0.717) is 0 Å². The summed E-state index contributed by atoms with van der Waals surface area (Å²) in [5.74, 6) is -1.10. The molecule has 1 atom stereocenters. The van der Waals surface area contributed by atoms with Crippen molar-refractivity contribution in [3.63, 3.8) is 0 Å². The molecule has 0 aromatic carbocycles. The third-order valence-electron chi connectivity index (χ3n) is 1.37. The van der Waals surface area contributed by atoms with Crippen molar-refractivity contribution in [3.8, 4) is 0 Å². The average molecular weight is 179 g/mol. The van der Waals surface area contributed by atoms with E-state index in [9.17, 15) is 9.90 Å². The summed E-state index contributed by atoms with van der Waals surface area (Å²) < 4.78 is 0. The van der Waals surface area contributed by atoms with E-state index in [2.05, 4.69) is 0 Å². The van der Waals surface area contributed by atoms with Crippen molar-refractivity contribution in [2.24, 2.45) is 11.8 Å². The molecule has 0 aliphatic heterocycles. The van der Waals surface area contributed by atoms with Gasteiger partial charge < -0.3 is 9.90 Å². The molecular formula is C6H11CuO2.